The van der Waals surface area contributed by atoms with Crippen molar-refractivity contribution in [2.24, 2.45) is 0 Å². The predicted molar refractivity (Wildman–Crippen MR) is 113 cm³/mol. The number of amides is 4. The maximum Gasteiger partial charge on any atom is 0.261 e. The number of phenols is 2. The molecule has 2 aromatic carbocycles. The van der Waals surface area contributed by atoms with E-state index < -0.39 is 0 Å². The number of fused-ring (bicyclic) bond motifs is 1. The zero-order chi connectivity index (χ0) is 22.8. The fourth-order valence-electron chi connectivity index (χ4n) is 4.05. The molecular weight excluding hydrogens is 414 g/mol. The van der Waals surface area contributed by atoms with Gasteiger partial charge in [0.2, 0.25) is 5.91 Å². The molecule has 0 bridgehead atoms. The van der Waals surface area contributed by atoms with Crippen molar-refractivity contribution in [3.63, 3.8) is 0 Å². The van der Waals surface area contributed by atoms with Gasteiger partial charge < -0.3 is 20.0 Å². The molecule has 166 valence electrons. The van der Waals surface area contributed by atoms with Crippen LogP contribution in [0, 0.1) is 0 Å². The molecule has 0 aliphatic carbocycles. The van der Waals surface area contributed by atoms with Crippen LogP contribution in [0.1, 0.15) is 43.9 Å². The Bertz CT molecular complexity index is 1040. The Morgan fingerprint density at radius 1 is 0.812 bits per heavy atom. The zero-order valence-electron chi connectivity index (χ0n) is 17.4. The number of imide groups is 1. The van der Waals surface area contributed by atoms with Crippen LogP contribution in [-0.4, -0.2) is 81.3 Å². The molecule has 2 N–H and O–H groups in total. The van der Waals surface area contributed by atoms with Crippen LogP contribution < -0.4 is 0 Å². The first kappa shape index (κ1) is 21.4. The number of carbonyl (C=O) groups excluding carboxylic acids is 4. The lowest BCUT2D eigenvalue weighted by Crippen LogP contribution is -2.50. The van der Waals surface area contributed by atoms with Gasteiger partial charge in [-0.25, -0.2) is 0 Å². The van der Waals surface area contributed by atoms with E-state index in [-0.39, 0.29) is 53.7 Å². The number of piperazine rings is 1. The van der Waals surface area contributed by atoms with Crippen LogP contribution in [0.2, 0.25) is 0 Å². The lowest BCUT2D eigenvalue weighted by molar-refractivity contribution is -0.132. The number of benzene rings is 2. The SMILES string of the molecule is O=C(CCCN1C(=O)c2ccccc2C1=O)N1CCN(C(=O)c2cc(O)cc(O)c2)CC1. The summed E-state index contributed by atoms with van der Waals surface area (Å²) in [6.45, 7) is 1.57. The predicted octanol–water partition coefficient (Wildman–Crippen LogP) is 1.46. The van der Waals surface area contributed by atoms with Gasteiger partial charge in [-0.15, -0.1) is 0 Å². The molecule has 2 aromatic rings. The van der Waals surface area contributed by atoms with Crippen molar-refractivity contribution >= 4 is 23.6 Å². The number of hydrogen-bond acceptors (Lipinski definition) is 6. The summed E-state index contributed by atoms with van der Waals surface area (Å²) < 4.78 is 0. The summed E-state index contributed by atoms with van der Waals surface area (Å²) >= 11 is 0. The topological polar surface area (TPSA) is 118 Å². The molecule has 9 nitrogen and oxygen atoms in total. The molecule has 0 spiro atoms. The van der Waals surface area contributed by atoms with Gasteiger partial charge in [-0.3, -0.25) is 24.1 Å². The van der Waals surface area contributed by atoms with Crippen LogP contribution in [0.15, 0.2) is 42.5 Å². The number of rotatable bonds is 5. The van der Waals surface area contributed by atoms with E-state index in [2.05, 4.69) is 0 Å². The van der Waals surface area contributed by atoms with E-state index in [4.69, 9.17) is 0 Å². The molecule has 4 rings (SSSR count). The van der Waals surface area contributed by atoms with Gasteiger partial charge in [0, 0.05) is 50.8 Å². The molecule has 2 aliphatic heterocycles. The number of aromatic hydroxyl groups is 2. The van der Waals surface area contributed by atoms with Crippen molar-refractivity contribution in [1.82, 2.24) is 14.7 Å². The highest BCUT2D eigenvalue weighted by Gasteiger charge is 2.34. The first-order valence-corrected chi connectivity index (χ1v) is 10.4. The standard InChI is InChI=1S/C23H23N3O6/c27-16-12-15(13-17(28)14-16)21(30)25-10-8-24(9-11-25)20(29)6-3-7-26-22(31)18-4-1-2-5-19(18)23(26)32/h1-2,4-5,12-14,27-28H,3,6-11H2. The molecular formula is C23H23N3O6. The van der Waals surface area contributed by atoms with Crippen molar-refractivity contribution in [3.8, 4) is 11.5 Å². The fourth-order valence-corrected chi connectivity index (χ4v) is 4.05. The third-order valence-electron chi connectivity index (χ3n) is 5.72. The first-order chi connectivity index (χ1) is 15.3. The highest BCUT2D eigenvalue weighted by Crippen LogP contribution is 2.23. The summed E-state index contributed by atoms with van der Waals surface area (Å²) in [6, 6.07) is 10.4. The van der Waals surface area contributed by atoms with E-state index in [1.165, 1.54) is 17.0 Å². The molecule has 0 unspecified atom stereocenters. The van der Waals surface area contributed by atoms with Gasteiger partial charge in [0.1, 0.15) is 11.5 Å². The molecule has 4 amide bonds. The number of phenolic OH excluding ortho intramolecular Hbond substituents is 2. The number of nitrogens with zero attached hydrogens (tertiary/aromatic N) is 3. The minimum atomic E-state index is -0.330. The van der Waals surface area contributed by atoms with Crippen LogP contribution >= 0.6 is 0 Å². The monoisotopic (exact) mass is 437 g/mol. The molecule has 2 aliphatic rings. The van der Waals surface area contributed by atoms with Crippen molar-refractivity contribution in [3.05, 3.63) is 59.2 Å². The second-order valence-electron chi connectivity index (χ2n) is 7.82. The fraction of sp³-hybridized carbons (Fsp3) is 0.304. The van der Waals surface area contributed by atoms with Crippen LogP contribution in [0.5, 0.6) is 11.5 Å². The number of hydrogen-bond donors (Lipinski definition) is 2. The molecule has 0 radical (unpaired) electrons. The van der Waals surface area contributed by atoms with Gasteiger partial charge in [-0.05, 0) is 30.7 Å². The second-order valence-corrected chi connectivity index (χ2v) is 7.82. The van der Waals surface area contributed by atoms with Crippen LogP contribution in [0.25, 0.3) is 0 Å². The zero-order valence-corrected chi connectivity index (χ0v) is 17.4. The highest BCUT2D eigenvalue weighted by atomic mass is 16.3. The van der Waals surface area contributed by atoms with Crippen LogP contribution in [0.3, 0.4) is 0 Å². The second kappa shape index (κ2) is 8.70. The quantitative estimate of drug-likeness (QED) is 0.684. The Balaban J connectivity index is 1.25. The average Bonchev–Trinajstić information content (AvgIpc) is 3.03. The molecule has 0 atom stereocenters. The average molecular weight is 437 g/mol. The van der Waals surface area contributed by atoms with Gasteiger partial charge in [0.15, 0.2) is 0 Å². The number of carbonyl (C=O) groups is 4. The molecule has 0 saturated carbocycles. The van der Waals surface area contributed by atoms with Gasteiger partial charge in [0.05, 0.1) is 11.1 Å². The molecule has 0 aromatic heterocycles. The Morgan fingerprint density at radius 2 is 1.34 bits per heavy atom. The molecule has 9 heteroatoms. The van der Waals surface area contributed by atoms with Crippen LogP contribution in [-0.2, 0) is 4.79 Å². The van der Waals surface area contributed by atoms with E-state index in [1.54, 1.807) is 34.1 Å². The third-order valence-corrected chi connectivity index (χ3v) is 5.72. The molecule has 2 heterocycles. The van der Waals surface area contributed by atoms with Gasteiger partial charge in [-0.1, -0.05) is 12.1 Å². The molecule has 1 fully saturated rings. The summed E-state index contributed by atoms with van der Waals surface area (Å²) in [5.74, 6) is -1.47. The van der Waals surface area contributed by atoms with Crippen molar-refractivity contribution in [2.75, 3.05) is 32.7 Å². The minimum absolute atomic E-state index is 0.0938. The van der Waals surface area contributed by atoms with E-state index in [0.29, 0.717) is 43.7 Å². The minimum Gasteiger partial charge on any atom is -0.508 e. The van der Waals surface area contributed by atoms with Gasteiger partial charge in [0.25, 0.3) is 17.7 Å². The summed E-state index contributed by atoms with van der Waals surface area (Å²) in [5.41, 5.74) is 0.970. The van der Waals surface area contributed by atoms with Crippen molar-refractivity contribution in [1.29, 1.82) is 0 Å². The van der Waals surface area contributed by atoms with E-state index in [1.807, 2.05) is 0 Å². The normalized spacial score (nSPS) is 15.8. The first-order valence-electron chi connectivity index (χ1n) is 10.4. The molecule has 1 saturated heterocycles. The lowest BCUT2D eigenvalue weighted by Gasteiger charge is -2.35. The summed E-state index contributed by atoms with van der Waals surface area (Å²) in [4.78, 5) is 54.3. The Labute approximate surface area is 184 Å². The maximum absolute atomic E-state index is 12.6. The lowest BCUT2D eigenvalue weighted by atomic mass is 10.1. The van der Waals surface area contributed by atoms with Crippen LogP contribution in [0.4, 0.5) is 0 Å². The van der Waals surface area contributed by atoms with Gasteiger partial charge >= 0.3 is 0 Å². The Kier molecular flexibility index (Phi) is 5.81. The smallest absolute Gasteiger partial charge is 0.261 e. The summed E-state index contributed by atoms with van der Waals surface area (Å²) in [6.07, 6.45) is 0.563. The summed E-state index contributed by atoms with van der Waals surface area (Å²) in [5, 5.41) is 19.1. The molecule has 32 heavy (non-hydrogen) atoms. The van der Waals surface area contributed by atoms with Gasteiger partial charge in [-0.2, -0.15) is 0 Å². The summed E-state index contributed by atoms with van der Waals surface area (Å²) in [7, 11) is 0. The largest absolute Gasteiger partial charge is 0.508 e. The third kappa shape index (κ3) is 4.14. The van der Waals surface area contributed by atoms with E-state index in [9.17, 15) is 29.4 Å². The highest BCUT2D eigenvalue weighted by molar-refractivity contribution is 6.21. The Hall–Kier alpha value is -3.88. The Morgan fingerprint density at radius 3 is 1.91 bits per heavy atom. The van der Waals surface area contributed by atoms with E-state index >= 15 is 0 Å². The van der Waals surface area contributed by atoms with Crippen molar-refractivity contribution < 1.29 is 29.4 Å². The van der Waals surface area contributed by atoms with Crippen molar-refractivity contribution in [2.45, 2.75) is 12.8 Å². The maximum atomic E-state index is 12.6. The van der Waals surface area contributed by atoms with E-state index in [0.717, 1.165) is 6.07 Å².